The van der Waals surface area contributed by atoms with Gasteiger partial charge in [-0.15, -0.1) is 11.8 Å². The topological polar surface area (TPSA) is 101 Å². The van der Waals surface area contributed by atoms with Gasteiger partial charge in [0.15, 0.2) is 0 Å². The Bertz CT molecular complexity index is 958. The number of carbonyl (C=O) groups is 2. The molecular formula is C30H48N4O5S. The number of hydrogen-bond donors (Lipinski definition) is 3. The van der Waals surface area contributed by atoms with E-state index >= 15 is 0 Å². The number of ether oxygens (including phenoxy) is 3. The van der Waals surface area contributed by atoms with E-state index in [0.717, 1.165) is 45.1 Å². The molecule has 0 aromatic carbocycles. The fraction of sp³-hybridized carbons (Fsp3) is 0.933. The predicted octanol–water partition coefficient (Wildman–Crippen LogP) is 2.23. The van der Waals surface area contributed by atoms with Gasteiger partial charge in [0, 0.05) is 37.6 Å². The average Bonchev–Trinajstić information content (AvgIpc) is 3.53. The number of methoxy groups -OCH3 is 2. The summed E-state index contributed by atoms with van der Waals surface area (Å²) in [7, 11) is 3.47. The van der Waals surface area contributed by atoms with E-state index in [1.54, 1.807) is 14.2 Å². The Hall–Kier alpha value is -0.910. The van der Waals surface area contributed by atoms with E-state index < -0.39 is 6.10 Å². The zero-order valence-corrected chi connectivity index (χ0v) is 25.1. The van der Waals surface area contributed by atoms with E-state index in [1.165, 1.54) is 25.7 Å². The van der Waals surface area contributed by atoms with Crippen LogP contribution < -0.4 is 16.0 Å². The van der Waals surface area contributed by atoms with Crippen molar-refractivity contribution < 1.29 is 23.8 Å². The Morgan fingerprint density at radius 2 is 1.88 bits per heavy atom. The Balaban J connectivity index is 1.01. The number of fused-ring (bicyclic) bond motifs is 6. The van der Waals surface area contributed by atoms with E-state index in [0.29, 0.717) is 35.1 Å². The minimum atomic E-state index is -0.478. The molecule has 3 saturated carbocycles. The van der Waals surface area contributed by atoms with Crippen LogP contribution in [0, 0.1) is 23.7 Å². The Morgan fingerprint density at radius 3 is 2.67 bits per heavy atom. The van der Waals surface area contributed by atoms with E-state index in [9.17, 15) is 9.59 Å². The lowest BCUT2D eigenvalue weighted by Gasteiger charge is -2.55. The van der Waals surface area contributed by atoms with Crippen LogP contribution in [0.15, 0.2) is 0 Å². The number of hydrogen-bond acceptors (Lipinski definition) is 8. The van der Waals surface area contributed by atoms with Gasteiger partial charge >= 0.3 is 0 Å². The number of rotatable bonds is 6. The molecular weight excluding hydrogens is 528 g/mol. The monoisotopic (exact) mass is 576 g/mol. The van der Waals surface area contributed by atoms with Crippen molar-refractivity contribution in [3.8, 4) is 0 Å². The van der Waals surface area contributed by atoms with Crippen LogP contribution in [0.2, 0.25) is 0 Å². The molecule has 0 bridgehead atoms. The standard InChI is InChI=1S/C30H48N4O5S/c1-15(28(35)33-30-32-20-6-4-5-7-23(20)40-30)39-16-8-10-21-19(14-16)17-12-13-31-25-18-9-11-22(37-2)27(38-3)24(18)29(36)34(21)26(17)25/h15-27,30-32H,4-14H2,1-3H3,(H,33,35)/t15-,16?,17?,18?,19?,20?,21?,22?,23?,24?,25?,26?,27?,30?/m1/s1. The van der Waals surface area contributed by atoms with E-state index in [4.69, 9.17) is 14.2 Å². The molecule has 7 rings (SSSR count). The number of carbonyl (C=O) groups excluding carboxylic acids is 2. The number of piperidine rings is 2. The maximum Gasteiger partial charge on any atom is 0.250 e. The van der Waals surface area contributed by atoms with Gasteiger partial charge in [0.25, 0.3) is 5.91 Å². The van der Waals surface area contributed by atoms with Gasteiger partial charge in [-0.05, 0) is 82.6 Å². The number of nitrogens with one attached hydrogen (secondary N) is 3. The molecule has 0 aromatic heterocycles. The first-order valence-electron chi connectivity index (χ1n) is 16.0. The molecule has 9 nitrogen and oxygen atoms in total. The lowest BCUT2D eigenvalue weighted by Crippen LogP contribution is -2.70. The summed E-state index contributed by atoms with van der Waals surface area (Å²) in [6.07, 6.45) is 10.2. The molecule has 0 aromatic rings. The molecule has 0 spiro atoms. The van der Waals surface area contributed by atoms with Crippen LogP contribution in [0.3, 0.4) is 0 Å². The molecule has 7 aliphatic rings. The summed E-state index contributed by atoms with van der Waals surface area (Å²) in [6.45, 7) is 2.90. The predicted molar refractivity (Wildman–Crippen MR) is 153 cm³/mol. The summed E-state index contributed by atoms with van der Waals surface area (Å²) in [6, 6.07) is 1.38. The summed E-state index contributed by atoms with van der Waals surface area (Å²) >= 11 is 1.87. The van der Waals surface area contributed by atoms with Crippen molar-refractivity contribution >= 4 is 23.6 Å². The highest BCUT2D eigenvalue weighted by Crippen LogP contribution is 2.54. The van der Waals surface area contributed by atoms with Gasteiger partial charge in [-0.2, -0.15) is 0 Å². The van der Waals surface area contributed by atoms with Gasteiger partial charge in [0.05, 0.1) is 30.3 Å². The molecule has 2 amide bonds. The van der Waals surface area contributed by atoms with Gasteiger partial charge in [0.2, 0.25) is 5.91 Å². The minimum Gasteiger partial charge on any atom is -0.379 e. The lowest BCUT2D eigenvalue weighted by atomic mass is 9.64. The molecule has 13 unspecified atom stereocenters. The molecule has 224 valence electrons. The van der Waals surface area contributed by atoms with E-state index in [2.05, 4.69) is 20.9 Å². The largest absolute Gasteiger partial charge is 0.379 e. The second-order valence-electron chi connectivity index (χ2n) is 13.5. The fourth-order valence-electron chi connectivity index (χ4n) is 9.99. The Kier molecular flexibility index (Phi) is 7.88. The second kappa shape index (κ2) is 11.3. The summed E-state index contributed by atoms with van der Waals surface area (Å²) in [5.41, 5.74) is -0.0111. The Labute approximate surface area is 242 Å². The maximum atomic E-state index is 14.2. The van der Waals surface area contributed by atoms with Crippen LogP contribution in [0.4, 0.5) is 0 Å². The molecule has 4 aliphatic heterocycles. The third-order valence-corrected chi connectivity index (χ3v) is 13.1. The van der Waals surface area contributed by atoms with Crippen LogP contribution in [0.25, 0.3) is 0 Å². The molecule has 4 saturated heterocycles. The smallest absolute Gasteiger partial charge is 0.250 e. The highest BCUT2D eigenvalue weighted by molar-refractivity contribution is 8.00. The van der Waals surface area contributed by atoms with E-state index in [1.807, 2.05) is 18.7 Å². The Morgan fingerprint density at radius 1 is 1.02 bits per heavy atom. The first-order chi connectivity index (χ1) is 19.5. The summed E-state index contributed by atoms with van der Waals surface area (Å²) in [4.78, 5) is 29.6. The van der Waals surface area contributed by atoms with Gasteiger partial charge < -0.3 is 29.7 Å². The molecule has 7 fully saturated rings. The number of nitrogens with zero attached hydrogens (tertiary/aromatic N) is 1. The SMILES string of the molecule is COC1CCC2C3NCCC4C5CC(O[C@H](C)C(=O)NC6NC7CCCCC7S6)CCC5N(C(=O)C2C1OC)C43. The van der Waals surface area contributed by atoms with Crippen molar-refractivity contribution in [2.75, 3.05) is 20.8 Å². The molecule has 0 radical (unpaired) electrons. The van der Waals surface area contributed by atoms with Crippen LogP contribution >= 0.6 is 11.8 Å². The zero-order chi connectivity index (χ0) is 27.5. The maximum absolute atomic E-state index is 14.2. The lowest BCUT2D eigenvalue weighted by molar-refractivity contribution is -0.175. The number of thioether (sulfide) groups is 1. The van der Waals surface area contributed by atoms with E-state index in [-0.39, 0.29) is 53.6 Å². The highest BCUT2D eigenvalue weighted by atomic mass is 32.2. The molecule has 10 heteroatoms. The highest BCUT2D eigenvalue weighted by Gasteiger charge is 2.64. The van der Waals surface area contributed by atoms with Crippen LogP contribution in [0.1, 0.15) is 71.1 Å². The third kappa shape index (κ3) is 4.64. The van der Waals surface area contributed by atoms with Crippen molar-refractivity contribution in [2.24, 2.45) is 23.7 Å². The van der Waals surface area contributed by atoms with Crippen LogP contribution in [-0.4, -0.2) is 96.8 Å². The fourth-order valence-corrected chi connectivity index (χ4v) is 11.5. The van der Waals surface area contributed by atoms with Gasteiger partial charge in [-0.25, -0.2) is 0 Å². The summed E-state index contributed by atoms with van der Waals surface area (Å²) in [5.74, 6) is 1.36. The second-order valence-corrected chi connectivity index (χ2v) is 14.8. The third-order valence-electron chi connectivity index (χ3n) is 11.7. The minimum absolute atomic E-state index is 0.0111. The molecule has 3 N–H and O–H groups in total. The summed E-state index contributed by atoms with van der Waals surface area (Å²) in [5, 5.41) is 11.3. The van der Waals surface area contributed by atoms with Gasteiger partial charge in [-0.1, -0.05) is 12.8 Å². The molecule has 40 heavy (non-hydrogen) atoms. The van der Waals surface area contributed by atoms with Crippen molar-refractivity contribution in [3.05, 3.63) is 0 Å². The first-order valence-corrected chi connectivity index (χ1v) is 16.9. The molecule has 4 heterocycles. The normalized spacial score (nSPS) is 48.5. The zero-order valence-electron chi connectivity index (χ0n) is 24.3. The van der Waals surface area contributed by atoms with Crippen LogP contribution in [0.5, 0.6) is 0 Å². The van der Waals surface area contributed by atoms with Crippen LogP contribution in [-0.2, 0) is 23.8 Å². The summed E-state index contributed by atoms with van der Waals surface area (Å²) < 4.78 is 18.2. The number of amides is 2. The van der Waals surface area contributed by atoms with Crippen molar-refractivity contribution in [3.63, 3.8) is 0 Å². The molecule has 14 atom stereocenters. The quantitative estimate of drug-likeness (QED) is 0.443. The van der Waals surface area contributed by atoms with Gasteiger partial charge in [0.1, 0.15) is 11.6 Å². The first kappa shape index (κ1) is 27.9. The van der Waals surface area contributed by atoms with Gasteiger partial charge in [-0.3, -0.25) is 14.9 Å². The van der Waals surface area contributed by atoms with Crippen molar-refractivity contribution in [2.45, 2.75) is 130 Å². The molecule has 3 aliphatic carbocycles. The van der Waals surface area contributed by atoms with Crippen molar-refractivity contribution in [1.82, 2.24) is 20.9 Å². The average molecular weight is 577 g/mol. The van der Waals surface area contributed by atoms with Crippen molar-refractivity contribution in [1.29, 1.82) is 0 Å².